The van der Waals surface area contributed by atoms with E-state index in [4.69, 9.17) is 18.9 Å². The van der Waals surface area contributed by atoms with E-state index in [1.165, 1.54) is 0 Å². The summed E-state index contributed by atoms with van der Waals surface area (Å²) < 4.78 is 22.0. The van der Waals surface area contributed by atoms with Crippen molar-refractivity contribution in [1.82, 2.24) is 0 Å². The molecule has 0 atom stereocenters. The van der Waals surface area contributed by atoms with Gasteiger partial charge >= 0.3 is 0 Å². The summed E-state index contributed by atoms with van der Waals surface area (Å²) in [4.78, 5) is 21.6. The number of benzene rings is 2. The normalized spacial score (nSPS) is 10.2. The van der Waals surface area contributed by atoms with E-state index in [0.29, 0.717) is 47.3 Å². The lowest BCUT2D eigenvalue weighted by Gasteiger charge is -2.12. The minimum absolute atomic E-state index is 0.557. The van der Waals surface area contributed by atoms with Crippen LogP contribution in [0.1, 0.15) is 46.4 Å². The van der Waals surface area contributed by atoms with Gasteiger partial charge in [0.2, 0.25) is 0 Å². The van der Waals surface area contributed by atoms with E-state index in [1.54, 1.807) is 50.6 Å². The van der Waals surface area contributed by atoms with Gasteiger partial charge < -0.3 is 18.9 Å². The van der Waals surface area contributed by atoms with Crippen LogP contribution in [-0.4, -0.2) is 40.0 Å². The molecule has 2 aromatic rings. The maximum atomic E-state index is 10.8. The lowest BCUT2D eigenvalue weighted by atomic mass is 10.2. The summed E-state index contributed by atoms with van der Waals surface area (Å²) in [6.45, 7) is 1.16. The van der Waals surface area contributed by atoms with E-state index in [1.807, 2.05) is 0 Å². The Labute approximate surface area is 165 Å². The van der Waals surface area contributed by atoms with Gasteiger partial charge in [-0.3, -0.25) is 9.59 Å². The second kappa shape index (κ2) is 11.6. The third-order valence-corrected chi connectivity index (χ3v) is 4.20. The molecule has 150 valence electrons. The first-order valence-corrected chi connectivity index (χ1v) is 9.24. The molecule has 0 saturated heterocycles. The summed E-state index contributed by atoms with van der Waals surface area (Å²) in [6.07, 6.45) is 5.41. The van der Waals surface area contributed by atoms with E-state index in [2.05, 4.69) is 0 Å². The van der Waals surface area contributed by atoms with E-state index in [-0.39, 0.29) is 0 Å². The molecule has 2 rings (SSSR count). The first-order chi connectivity index (χ1) is 13.7. The molecule has 0 heterocycles. The highest BCUT2D eigenvalue weighted by molar-refractivity contribution is 5.76. The van der Waals surface area contributed by atoms with Crippen LogP contribution in [0.5, 0.6) is 23.0 Å². The molecule has 0 unspecified atom stereocenters. The van der Waals surface area contributed by atoms with Gasteiger partial charge in [0.05, 0.1) is 27.4 Å². The van der Waals surface area contributed by atoms with Gasteiger partial charge in [-0.05, 0) is 62.1 Å². The summed E-state index contributed by atoms with van der Waals surface area (Å²) in [5.74, 6) is 2.41. The van der Waals surface area contributed by atoms with Crippen molar-refractivity contribution in [2.45, 2.75) is 25.7 Å². The Kier molecular flexibility index (Phi) is 8.85. The zero-order valence-corrected chi connectivity index (χ0v) is 16.3. The maximum absolute atomic E-state index is 10.8. The van der Waals surface area contributed by atoms with Crippen LogP contribution in [-0.2, 0) is 0 Å². The van der Waals surface area contributed by atoms with Gasteiger partial charge in [-0.25, -0.2) is 0 Å². The van der Waals surface area contributed by atoms with Crippen molar-refractivity contribution in [3.63, 3.8) is 0 Å². The average Bonchev–Trinajstić information content (AvgIpc) is 2.75. The lowest BCUT2D eigenvalue weighted by molar-refractivity contribution is 0.111. The Bertz CT molecular complexity index is 706. The zero-order chi connectivity index (χ0) is 20.2. The molecule has 6 heteroatoms. The molecule has 0 amide bonds. The number of aldehydes is 2. The molecule has 0 N–H and O–H groups in total. The molecule has 0 radical (unpaired) electrons. The van der Waals surface area contributed by atoms with Crippen LogP contribution in [0.3, 0.4) is 0 Å². The Morgan fingerprint density at radius 2 is 1.07 bits per heavy atom. The number of rotatable bonds is 13. The second-order valence-electron chi connectivity index (χ2n) is 6.17. The highest BCUT2D eigenvalue weighted by Crippen LogP contribution is 2.28. The Hall–Kier alpha value is -3.02. The zero-order valence-electron chi connectivity index (χ0n) is 16.3. The molecule has 0 saturated carbocycles. The number of hydrogen-bond acceptors (Lipinski definition) is 6. The molecule has 0 fully saturated rings. The van der Waals surface area contributed by atoms with E-state index in [9.17, 15) is 9.59 Å². The number of unbranched alkanes of at least 4 members (excludes halogenated alkanes) is 3. The van der Waals surface area contributed by atoms with Crippen molar-refractivity contribution in [2.24, 2.45) is 0 Å². The minimum atomic E-state index is 0.557. The summed E-state index contributed by atoms with van der Waals surface area (Å²) in [6, 6.07) is 10.2. The van der Waals surface area contributed by atoms with Gasteiger partial charge in [0.15, 0.2) is 23.0 Å². The summed E-state index contributed by atoms with van der Waals surface area (Å²) in [7, 11) is 3.11. The first-order valence-electron chi connectivity index (χ1n) is 9.24. The van der Waals surface area contributed by atoms with Crippen molar-refractivity contribution in [3.05, 3.63) is 47.5 Å². The number of carbonyl (C=O) groups excluding carboxylic acids is 2. The molecule has 0 aliphatic carbocycles. The van der Waals surface area contributed by atoms with Crippen molar-refractivity contribution in [2.75, 3.05) is 27.4 Å². The number of methoxy groups -OCH3 is 2. The summed E-state index contributed by atoms with van der Waals surface area (Å²) in [5, 5.41) is 0. The quantitative estimate of drug-likeness (QED) is 0.377. The summed E-state index contributed by atoms with van der Waals surface area (Å²) >= 11 is 0. The van der Waals surface area contributed by atoms with Gasteiger partial charge in [-0.2, -0.15) is 0 Å². The van der Waals surface area contributed by atoms with Crippen LogP contribution in [0.4, 0.5) is 0 Å². The molecule has 0 spiro atoms. The molecule has 2 aromatic carbocycles. The number of ether oxygens (including phenoxy) is 4. The Morgan fingerprint density at radius 3 is 1.43 bits per heavy atom. The van der Waals surface area contributed by atoms with Crippen LogP contribution < -0.4 is 18.9 Å². The largest absolute Gasteiger partial charge is 0.493 e. The average molecular weight is 386 g/mol. The lowest BCUT2D eigenvalue weighted by Crippen LogP contribution is -2.02. The van der Waals surface area contributed by atoms with Crippen molar-refractivity contribution < 1.29 is 28.5 Å². The summed E-state index contributed by atoms with van der Waals surface area (Å²) in [5.41, 5.74) is 1.11. The van der Waals surface area contributed by atoms with Gasteiger partial charge in [0.25, 0.3) is 0 Å². The predicted molar refractivity (Wildman–Crippen MR) is 106 cm³/mol. The van der Waals surface area contributed by atoms with Crippen LogP contribution in [0, 0.1) is 0 Å². The Balaban J connectivity index is 1.64. The van der Waals surface area contributed by atoms with Gasteiger partial charge in [0, 0.05) is 11.1 Å². The van der Waals surface area contributed by atoms with Crippen molar-refractivity contribution >= 4 is 12.6 Å². The molecule has 6 nitrogen and oxygen atoms in total. The maximum Gasteiger partial charge on any atom is 0.161 e. The standard InChI is InChI=1S/C22H26O6/c1-25-21-13-17(15-23)7-9-19(21)27-11-5-3-4-6-12-28-20-10-8-18(16-24)14-22(20)26-2/h7-10,13-16H,3-6,11-12H2,1-2H3. The molecule has 28 heavy (non-hydrogen) atoms. The second-order valence-corrected chi connectivity index (χ2v) is 6.17. The van der Waals surface area contributed by atoms with Crippen LogP contribution in [0.25, 0.3) is 0 Å². The number of hydrogen-bond donors (Lipinski definition) is 0. The number of carbonyl (C=O) groups is 2. The molecule has 0 aliphatic rings. The van der Waals surface area contributed by atoms with Crippen molar-refractivity contribution in [3.8, 4) is 23.0 Å². The SMILES string of the molecule is COc1cc(C=O)ccc1OCCCCCCOc1ccc(C=O)cc1OC. The van der Waals surface area contributed by atoms with Gasteiger partial charge in [-0.15, -0.1) is 0 Å². The van der Waals surface area contributed by atoms with Crippen LogP contribution in [0.2, 0.25) is 0 Å². The van der Waals surface area contributed by atoms with E-state index in [0.717, 1.165) is 38.3 Å². The van der Waals surface area contributed by atoms with Gasteiger partial charge in [-0.1, -0.05) is 0 Å². The third kappa shape index (κ3) is 6.30. The highest BCUT2D eigenvalue weighted by atomic mass is 16.5. The topological polar surface area (TPSA) is 71.1 Å². The molecule has 0 aromatic heterocycles. The van der Waals surface area contributed by atoms with Crippen molar-refractivity contribution in [1.29, 1.82) is 0 Å². The van der Waals surface area contributed by atoms with Crippen LogP contribution >= 0.6 is 0 Å². The molecule has 0 bridgehead atoms. The molecule has 0 aliphatic heterocycles. The smallest absolute Gasteiger partial charge is 0.161 e. The molecular weight excluding hydrogens is 360 g/mol. The minimum Gasteiger partial charge on any atom is -0.493 e. The Morgan fingerprint density at radius 1 is 0.643 bits per heavy atom. The van der Waals surface area contributed by atoms with Crippen LogP contribution in [0.15, 0.2) is 36.4 Å². The fourth-order valence-corrected chi connectivity index (χ4v) is 2.68. The first kappa shape index (κ1) is 21.3. The van der Waals surface area contributed by atoms with Gasteiger partial charge in [0.1, 0.15) is 12.6 Å². The third-order valence-electron chi connectivity index (χ3n) is 4.20. The fraction of sp³-hybridized carbons (Fsp3) is 0.364. The molecular formula is C22H26O6. The predicted octanol–water partition coefficient (Wildman–Crippen LogP) is 4.35. The monoisotopic (exact) mass is 386 g/mol. The van der Waals surface area contributed by atoms with E-state index < -0.39 is 0 Å². The highest BCUT2D eigenvalue weighted by Gasteiger charge is 2.06. The fourth-order valence-electron chi connectivity index (χ4n) is 2.68. The van der Waals surface area contributed by atoms with E-state index >= 15 is 0 Å².